The fourth-order valence-corrected chi connectivity index (χ4v) is 1.25. The molecule has 0 saturated heterocycles. The lowest BCUT2D eigenvalue weighted by atomic mass is 10.2. The van der Waals surface area contributed by atoms with Gasteiger partial charge in [-0.1, -0.05) is 6.07 Å². The Kier molecular flexibility index (Phi) is 3.89. The Morgan fingerprint density at radius 2 is 2.21 bits per heavy atom. The lowest BCUT2D eigenvalue weighted by Gasteiger charge is -2.15. The Morgan fingerprint density at radius 1 is 1.50 bits per heavy atom. The lowest BCUT2D eigenvalue weighted by Crippen LogP contribution is -2.26. The molecule has 0 spiro atoms. The molecule has 1 aromatic carbocycles. The van der Waals surface area contributed by atoms with E-state index in [0.29, 0.717) is 5.75 Å². The zero-order chi connectivity index (χ0) is 10.6. The van der Waals surface area contributed by atoms with Gasteiger partial charge in [-0.15, -0.1) is 0 Å². The van der Waals surface area contributed by atoms with Gasteiger partial charge < -0.3 is 10.1 Å². The van der Waals surface area contributed by atoms with Crippen molar-refractivity contribution in [1.82, 2.24) is 5.32 Å². The molecular formula is C11H16FNO. The number of aryl methyl sites for hydroxylation is 1. The number of hydrogen-bond donors (Lipinski definition) is 1. The summed E-state index contributed by atoms with van der Waals surface area (Å²) in [5, 5.41) is 3.00. The van der Waals surface area contributed by atoms with Crippen molar-refractivity contribution in [3.8, 4) is 5.75 Å². The average molecular weight is 197 g/mol. The van der Waals surface area contributed by atoms with Crippen molar-refractivity contribution >= 4 is 0 Å². The summed E-state index contributed by atoms with van der Waals surface area (Å²) >= 11 is 0. The zero-order valence-corrected chi connectivity index (χ0v) is 8.80. The monoisotopic (exact) mass is 197 g/mol. The van der Waals surface area contributed by atoms with E-state index in [0.717, 1.165) is 12.1 Å². The summed E-state index contributed by atoms with van der Waals surface area (Å²) in [6, 6.07) is 4.57. The van der Waals surface area contributed by atoms with Gasteiger partial charge >= 0.3 is 0 Å². The highest BCUT2D eigenvalue weighted by atomic mass is 19.1. The quantitative estimate of drug-likeness (QED) is 0.798. The van der Waals surface area contributed by atoms with Gasteiger partial charge in [-0.3, -0.25) is 0 Å². The molecule has 1 aromatic rings. The molecule has 0 saturated carbocycles. The van der Waals surface area contributed by atoms with E-state index in [1.165, 1.54) is 12.1 Å². The van der Waals surface area contributed by atoms with Crippen molar-refractivity contribution in [1.29, 1.82) is 0 Å². The first-order valence-electron chi connectivity index (χ1n) is 4.71. The van der Waals surface area contributed by atoms with Crippen molar-refractivity contribution in [3.05, 3.63) is 29.6 Å². The van der Waals surface area contributed by atoms with Gasteiger partial charge in [0.15, 0.2) is 0 Å². The molecule has 1 unspecified atom stereocenters. The van der Waals surface area contributed by atoms with E-state index >= 15 is 0 Å². The molecule has 2 nitrogen and oxygen atoms in total. The molecule has 1 N–H and O–H groups in total. The highest BCUT2D eigenvalue weighted by molar-refractivity contribution is 5.32. The highest BCUT2D eigenvalue weighted by Gasteiger charge is 2.06. The minimum atomic E-state index is -0.262. The minimum absolute atomic E-state index is 0.0421. The molecule has 0 aliphatic rings. The number of benzene rings is 1. The molecular weight excluding hydrogens is 181 g/mol. The van der Waals surface area contributed by atoms with Gasteiger partial charge in [-0.2, -0.15) is 0 Å². The highest BCUT2D eigenvalue weighted by Crippen LogP contribution is 2.19. The van der Waals surface area contributed by atoms with Crippen molar-refractivity contribution in [2.24, 2.45) is 0 Å². The molecule has 0 amide bonds. The Morgan fingerprint density at radius 3 is 2.86 bits per heavy atom. The first-order valence-corrected chi connectivity index (χ1v) is 4.71. The summed E-state index contributed by atoms with van der Waals surface area (Å²) < 4.78 is 18.5. The maximum absolute atomic E-state index is 12.9. The van der Waals surface area contributed by atoms with Crippen molar-refractivity contribution in [2.45, 2.75) is 20.0 Å². The van der Waals surface area contributed by atoms with E-state index in [1.807, 2.05) is 20.9 Å². The number of likely N-dealkylation sites (N-methyl/N-ethyl adjacent to an activating group) is 1. The van der Waals surface area contributed by atoms with Crippen LogP contribution in [0.5, 0.6) is 5.75 Å². The molecule has 1 atom stereocenters. The van der Waals surface area contributed by atoms with Crippen LogP contribution in [0.4, 0.5) is 4.39 Å². The largest absolute Gasteiger partial charge is 0.489 e. The first kappa shape index (κ1) is 11.0. The van der Waals surface area contributed by atoms with Gasteiger partial charge in [-0.05, 0) is 32.5 Å². The molecule has 0 bridgehead atoms. The standard InChI is InChI=1S/C11H16FNO/c1-8-4-5-10(12)6-11(8)14-9(2)7-13-3/h4-6,9,13H,7H2,1-3H3. The average Bonchev–Trinajstić information content (AvgIpc) is 2.12. The maximum Gasteiger partial charge on any atom is 0.126 e. The number of rotatable bonds is 4. The van der Waals surface area contributed by atoms with Crippen LogP contribution in [0.25, 0.3) is 0 Å². The summed E-state index contributed by atoms with van der Waals surface area (Å²) in [6.07, 6.45) is 0.0421. The molecule has 78 valence electrons. The zero-order valence-electron chi connectivity index (χ0n) is 8.80. The van der Waals surface area contributed by atoms with Gasteiger partial charge in [0, 0.05) is 12.6 Å². The molecule has 0 heterocycles. The van der Waals surface area contributed by atoms with E-state index in [2.05, 4.69) is 5.32 Å². The molecule has 3 heteroatoms. The van der Waals surface area contributed by atoms with Gasteiger partial charge in [0.2, 0.25) is 0 Å². The number of nitrogens with one attached hydrogen (secondary N) is 1. The predicted molar refractivity (Wildman–Crippen MR) is 55.2 cm³/mol. The molecule has 1 rings (SSSR count). The third-order valence-electron chi connectivity index (χ3n) is 1.97. The Hall–Kier alpha value is -1.09. The fraction of sp³-hybridized carbons (Fsp3) is 0.455. The van der Waals surface area contributed by atoms with Crippen LogP contribution in [0.1, 0.15) is 12.5 Å². The van der Waals surface area contributed by atoms with Crippen molar-refractivity contribution in [2.75, 3.05) is 13.6 Å². The summed E-state index contributed by atoms with van der Waals surface area (Å²) in [5.41, 5.74) is 0.953. The second kappa shape index (κ2) is 4.96. The van der Waals surface area contributed by atoms with Crippen LogP contribution in [-0.4, -0.2) is 19.7 Å². The Labute approximate surface area is 84.1 Å². The second-order valence-electron chi connectivity index (χ2n) is 3.40. The van der Waals surface area contributed by atoms with Crippen LogP contribution < -0.4 is 10.1 Å². The van der Waals surface area contributed by atoms with Crippen LogP contribution in [-0.2, 0) is 0 Å². The maximum atomic E-state index is 12.9. The summed E-state index contributed by atoms with van der Waals surface area (Å²) in [5.74, 6) is 0.356. The summed E-state index contributed by atoms with van der Waals surface area (Å²) in [7, 11) is 1.86. The van der Waals surface area contributed by atoms with Crippen LogP contribution in [0.2, 0.25) is 0 Å². The number of ether oxygens (including phenoxy) is 1. The molecule has 0 radical (unpaired) electrons. The molecule has 0 aromatic heterocycles. The van der Waals surface area contributed by atoms with E-state index in [4.69, 9.17) is 4.74 Å². The van der Waals surface area contributed by atoms with Gasteiger partial charge in [-0.25, -0.2) is 4.39 Å². The fourth-order valence-electron chi connectivity index (χ4n) is 1.25. The molecule has 0 fully saturated rings. The lowest BCUT2D eigenvalue weighted by molar-refractivity contribution is 0.218. The van der Waals surface area contributed by atoms with Crippen LogP contribution in [0.15, 0.2) is 18.2 Å². The second-order valence-corrected chi connectivity index (χ2v) is 3.40. The van der Waals surface area contributed by atoms with Crippen LogP contribution in [0, 0.1) is 12.7 Å². The van der Waals surface area contributed by atoms with Crippen molar-refractivity contribution in [3.63, 3.8) is 0 Å². The van der Waals surface area contributed by atoms with E-state index in [1.54, 1.807) is 6.07 Å². The minimum Gasteiger partial charge on any atom is -0.489 e. The van der Waals surface area contributed by atoms with Crippen LogP contribution >= 0.6 is 0 Å². The third kappa shape index (κ3) is 3.00. The SMILES string of the molecule is CNCC(C)Oc1cc(F)ccc1C. The number of halogens is 1. The molecule has 0 aliphatic carbocycles. The van der Waals surface area contributed by atoms with Crippen LogP contribution in [0.3, 0.4) is 0 Å². The van der Waals surface area contributed by atoms with E-state index in [9.17, 15) is 4.39 Å². The van der Waals surface area contributed by atoms with Crippen molar-refractivity contribution < 1.29 is 9.13 Å². The summed E-state index contributed by atoms with van der Waals surface area (Å²) in [6.45, 7) is 4.59. The number of hydrogen-bond acceptors (Lipinski definition) is 2. The van der Waals surface area contributed by atoms with Gasteiger partial charge in [0.25, 0.3) is 0 Å². The molecule has 0 aliphatic heterocycles. The Balaban J connectivity index is 2.70. The van der Waals surface area contributed by atoms with Gasteiger partial charge in [0.05, 0.1) is 0 Å². The smallest absolute Gasteiger partial charge is 0.126 e. The predicted octanol–water partition coefficient (Wildman–Crippen LogP) is 2.12. The topological polar surface area (TPSA) is 21.3 Å². The normalized spacial score (nSPS) is 12.6. The summed E-state index contributed by atoms with van der Waals surface area (Å²) in [4.78, 5) is 0. The van der Waals surface area contributed by atoms with E-state index in [-0.39, 0.29) is 11.9 Å². The molecule has 14 heavy (non-hydrogen) atoms. The third-order valence-corrected chi connectivity index (χ3v) is 1.97. The van der Waals surface area contributed by atoms with E-state index < -0.39 is 0 Å². The first-order chi connectivity index (χ1) is 6.63. The Bertz CT molecular complexity index is 301. The van der Waals surface area contributed by atoms with Gasteiger partial charge in [0.1, 0.15) is 17.7 Å².